The number of ketones is 1. The fourth-order valence-electron chi connectivity index (χ4n) is 4.70. The summed E-state index contributed by atoms with van der Waals surface area (Å²) in [5, 5.41) is 0. The number of piperazine rings is 1. The van der Waals surface area contributed by atoms with Gasteiger partial charge in [0.2, 0.25) is 15.9 Å². The maximum Gasteiger partial charge on any atom is 0.243 e. The number of hydrogen-bond donors (Lipinski definition) is 2. The van der Waals surface area contributed by atoms with Crippen molar-refractivity contribution in [1.82, 2.24) is 20.1 Å². The van der Waals surface area contributed by atoms with Crippen LogP contribution in [0, 0.1) is 5.92 Å². The molecule has 2 aromatic rings. The quantitative estimate of drug-likeness (QED) is 0.583. The molecule has 10 nitrogen and oxygen atoms in total. The molecule has 0 aromatic heterocycles. The zero-order valence-electron chi connectivity index (χ0n) is 19.4. The highest BCUT2D eigenvalue weighted by atomic mass is 32.2. The number of benzene rings is 2. The van der Waals surface area contributed by atoms with Gasteiger partial charge in [-0.3, -0.25) is 15.0 Å². The topological polar surface area (TPSA) is 117 Å². The van der Waals surface area contributed by atoms with Crippen molar-refractivity contribution in [2.45, 2.75) is 17.9 Å². The predicted octanol–water partition coefficient (Wildman–Crippen LogP) is 0.959. The Balaban J connectivity index is 1.26. The fraction of sp³-hybridized carbons (Fsp3) is 0.417. The number of rotatable bonds is 5. The minimum absolute atomic E-state index is 0.0296. The molecule has 2 fully saturated rings. The lowest BCUT2D eigenvalue weighted by Gasteiger charge is -2.36. The van der Waals surface area contributed by atoms with Crippen LogP contribution < -0.4 is 20.3 Å². The summed E-state index contributed by atoms with van der Waals surface area (Å²) in [6, 6.07) is 11.5. The van der Waals surface area contributed by atoms with Crippen molar-refractivity contribution in [3.8, 4) is 11.5 Å². The van der Waals surface area contributed by atoms with Crippen LogP contribution in [0.1, 0.15) is 28.9 Å². The number of carbonyl (C=O) groups excluding carboxylic acids is 2. The number of hydrogen-bond acceptors (Lipinski definition) is 8. The maximum atomic E-state index is 13.4. The molecule has 2 unspecified atom stereocenters. The van der Waals surface area contributed by atoms with E-state index in [4.69, 9.17) is 9.47 Å². The van der Waals surface area contributed by atoms with Gasteiger partial charge in [-0.25, -0.2) is 13.8 Å². The lowest BCUT2D eigenvalue weighted by molar-refractivity contribution is -0.136. The van der Waals surface area contributed by atoms with Gasteiger partial charge in [0.25, 0.3) is 0 Å². The molecule has 2 aromatic carbocycles. The van der Waals surface area contributed by atoms with Gasteiger partial charge in [-0.15, -0.1) is 0 Å². The monoisotopic (exact) mass is 500 g/mol. The van der Waals surface area contributed by atoms with Gasteiger partial charge in [0, 0.05) is 38.3 Å². The molecule has 186 valence electrons. The second kappa shape index (κ2) is 9.57. The van der Waals surface area contributed by atoms with E-state index in [1.165, 1.54) is 23.4 Å². The minimum Gasteiger partial charge on any atom is -0.486 e. The highest BCUT2D eigenvalue weighted by molar-refractivity contribution is 7.89. The highest BCUT2D eigenvalue weighted by Gasteiger charge is 2.39. The number of ether oxygens (including phenoxy) is 2. The summed E-state index contributed by atoms with van der Waals surface area (Å²) in [6.07, 6.45) is 0. The van der Waals surface area contributed by atoms with Crippen LogP contribution in [0.3, 0.4) is 0 Å². The number of nitrogens with zero attached hydrogens (tertiary/aromatic N) is 2. The first kappa shape index (κ1) is 23.7. The predicted molar refractivity (Wildman–Crippen MR) is 127 cm³/mol. The molecular formula is C24H28N4O6S. The largest absolute Gasteiger partial charge is 0.486 e. The third-order valence-electron chi connectivity index (χ3n) is 6.65. The SMILES string of the molecule is CC(=O)c1cccc(S(=O)(=O)N2CCN(C(=O)C3CNNC3c3ccc4c(c3)OCCO4)CC2)c1. The van der Waals surface area contributed by atoms with E-state index in [2.05, 4.69) is 10.9 Å². The highest BCUT2D eigenvalue weighted by Crippen LogP contribution is 2.36. The molecule has 2 N–H and O–H groups in total. The Labute approximate surface area is 204 Å². The van der Waals surface area contributed by atoms with Gasteiger partial charge < -0.3 is 14.4 Å². The van der Waals surface area contributed by atoms with Gasteiger partial charge in [0.1, 0.15) is 13.2 Å². The summed E-state index contributed by atoms with van der Waals surface area (Å²) >= 11 is 0. The molecule has 3 aliphatic rings. The number of fused-ring (bicyclic) bond motifs is 1. The van der Waals surface area contributed by atoms with Gasteiger partial charge in [-0.05, 0) is 36.8 Å². The van der Waals surface area contributed by atoms with Gasteiger partial charge in [-0.1, -0.05) is 18.2 Å². The Morgan fingerprint density at radius 1 is 0.971 bits per heavy atom. The second-order valence-corrected chi connectivity index (χ2v) is 10.8. The maximum absolute atomic E-state index is 13.4. The summed E-state index contributed by atoms with van der Waals surface area (Å²) in [7, 11) is -3.76. The Hall–Kier alpha value is -2.99. The number of Topliss-reactive ketones (excluding diaryl/α,β-unsaturated/α-hetero) is 1. The molecular weight excluding hydrogens is 472 g/mol. The molecule has 0 aliphatic carbocycles. The van der Waals surface area contributed by atoms with Crippen molar-refractivity contribution in [2.24, 2.45) is 5.92 Å². The molecule has 11 heteroatoms. The van der Waals surface area contributed by atoms with E-state index in [9.17, 15) is 18.0 Å². The van der Waals surface area contributed by atoms with Gasteiger partial charge in [0.15, 0.2) is 17.3 Å². The first-order chi connectivity index (χ1) is 16.8. The number of sulfonamides is 1. The average Bonchev–Trinajstić information content (AvgIpc) is 3.38. The van der Waals surface area contributed by atoms with Crippen LogP contribution in [0.15, 0.2) is 47.4 Å². The third-order valence-corrected chi connectivity index (χ3v) is 8.55. The van der Waals surface area contributed by atoms with Crippen LogP contribution in [0.5, 0.6) is 11.5 Å². The molecule has 5 rings (SSSR count). The van der Waals surface area contributed by atoms with Crippen molar-refractivity contribution in [3.63, 3.8) is 0 Å². The van der Waals surface area contributed by atoms with E-state index in [1.807, 2.05) is 18.2 Å². The van der Waals surface area contributed by atoms with E-state index in [1.54, 1.807) is 17.0 Å². The molecule has 3 heterocycles. The Bertz CT molecular complexity index is 1240. The van der Waals surface area contributed by atoms with Crippen LogP contribution in [0.4, 0.5) is 0 Å². The lowest BCUT2D eigenvalue weighted by atomic mass is 9.93. The van der Waals surface area contributed by atoms with Gasteiger partial charge >= 0.3 is 0 Å². The van der Waals surface area contributed by atoms with Crippen molar-refractivity contribution in [1.29, 1.82) is 0 Å². The molecule has 3 aliphatic heterocycles. The first-order valence-corrected chi connectivity index (χ1v) is 13.1. The van der Waals surface area contributed by atoms with E-state index >= 15 is 0 Å². The molecule has 2 saturated heterocycles. The smallest absolute Gasteiger partial charge is 0.243 e. The summed E-state index contributed by atoms with van der Waals surface area (Å²) in [5.74, 6) is 0.802. The molecule has 0 spiro atoms. The number of carbonyl (C=O) groups is 2. The van der Waals surface area contributed by atoms with Crippen LogP contribution in [-0.4, -0.2) is 75.3 Å². The van der Waals surface area contributed by atoms with E-state index in [-0.39, 0.29) is 41.6 Å². The molecule has 2 atom stereocenters. The van der Waals surface area contributed by atoms with Crippen molar-refractivity contribution < 1.29 is 27.5 Å². The first-order valence-electron chi connectivity index (χ1n) is 11.6. The van der Waals surface area contributed by atoms with Crippen molar-refractivity contribution in [2.75, 3.05) is 45.9 Å². The minimum atomic E-state index is -3.76. The summed E-state index contributed by atoms with van der Waals surface area (Å²) in [6.45, 7) is 3.86. The number of hydrazine groups is 1. The summed E-state index contributed by atoms with van der Waals surface area (Å²) in [4.78, 5) is 26.9. The number of amides is 1. The van der Waals surface area contributed by atoms with Crippen LogP contribution in [0.2, 0.25) is 0 Å². The lowest BCUT2D eigenvalue weighted by Crippen LogP contribution is -2.52. The van der Waals surface area contributed by atoms with Gasteiger partial charge in [-0.2, -0.15) is 4.31 Å². The van der Waals surface area contributed by atoms with Crippen LogP contribution >= 0.6 is 0 Å². The van der Waals surface area contributed by atoms with E-state index < -0.39 is 10.0 Å². The Kier molecular flexibility index (Phi) is 6.49. The van der Waals surface area contributed by atoms with E-state index in [0.29, 0.717) is 49.9 Å². The van der Waals surface area contributed by atoms with Crippen LogP contribution in [0.25, 0.3) is 0 Å². The van der Waals surface area contributed by atoms with Crippen molar-refractivity contribution >= 4 is 21.7 Å². The zero-order valence-corrected chi connectivity index (χ0v) is 20.2. The summed E-state index contributed by atoms with van der Waals surface area (Å²) < 4.78 is 38.9. The molecule has 0 saturated carbocycles. The number of nitrogens with one attached hydrogen (secondary N) is 2. The third kappa shape index (κ3) is 4.64. The van der Waals surface area contributed by atoms with Gasteiger partial charge in [0.05, 0.1) is 16.9 Å². The second-order valence-electron chi connectivity index (χ2n) is 8.83. The summed E-state index contributed by atoms with van der Waals surface area (Å²) in [5.41, 5.74) is 7.55. The standard InChI is InChI=1S/C24H28N4O6S/c1-16(29)17-3-2-4-19(13-17)35(31,32)28-9-7-27(8-10-28)24(30)20-15-25-26-23(20)18-5-6-21-22(14-18)34-12-11-33-21/h2-6,13-14,20,23,25-26H,7-12,15H2,1H3. The zero-order chi connectivity index (χ0) is 24.6. The molecule has 1 amide bonds. The molecule has 0 bridgehead atoms. The molecule has 35 heavy (non-hydrogen) atoms. The fourth-order valence-corrected chi connectivity index (χ4v) is 6.17. The van der Waals surface area contributed by atoms with E-state index in [0.717, 1.165) is 5.56 Å². The average molecular weight is 501 g/mol. The Morgan fingerprint density at radius 3 is 2.46 bits per heavy atom. The molecule has 0 radical (unpaired) electrons. The van der Waals surface area contributed by atoms with Crippen molar-refractivity contribution in [3.05, 3.63) is 53.6 Å². The van der Waals surface area contributed by atoms with Crippen LogP contribution in [-0.2, 0) is 14.8 Å². The normalized spacial score (nSPS) is 22.7. The Morgan fingerprint density at radius 2 is 1.71 bits per heavy atom.